The standard InChI is InChI=1S/C17H12N2OS/c1-20-14-6-4-5-12(10-14)9-13(11-18)17-19-15-7-2-3-8-16(15)21-17/h2-10H,1H3. The Labute approximate surface area is 126 Å². The second kappa shape index (κ2) is 5.78. The van der Waals surface area contributed by atoms with Gasteiger partial charge in [-0.15, -0.1) is 11.3 Å². The summed E-state index contributed by atoms with van der Waals surface area (Å²) in [4.78, 5) is 4.52. The molecule has 1 aromatic heterocycles. The maximum Gasteiger partial charge on any atom is 0.135 e. The van der Waals surface area contributed by atoms with Gasteiger partial charge in [0.15, 0.2) is 0 Å². The molecule has 0 fully saturated rings. The van der Waals surface area contributed by atoms with Crippen LogP contribution in [0.4, 0.5) is 0 Å². The molecule has 3 aromatic rings. The quantitative estimate of drug-likeness (QED) is 0.673. The topological polar surface area (TPSA) is 45.9 Å². The fourth-order valence-electron chi connectivity index (χ4n) is 2.03. The van der Waals surface area contributed by atoms with Gasteiger partial charge in [-0.25, -0.2) is 4.98 Å². The fourth-order valence-corrected chi connectivity index (χ4v) is 2.96. The lowest BCUT2D eigenvalue weighted by molar-refractivity contribution is 0.414. The number of nitriles is 1. The van der Waals surface area contributed by atoms with Crippen molar-refractivity contribution in [3.05, 3.63) is 59.1 Å². The number of thiazole rings is 1. The predicted octanol–water partition coefficient (Wildman–Crippen LogP) is 4.37. The van der Waals surface area contributed by atoms with Crippen molar-refractivity contribution in [1.82, 2.24) is 4.98 Å². The van der Waals surface area contributed by atoms with E-state index in [0.717, 1.165) is 26.5 Å². The number of ether oxygens (including phenoxy) is 1. The van der Waals surface area contributed by atoms with Crippen molar-refractivity contribution >= 4 is 33.2 Å². The lowest BCUT2D eigenvalue weighted by atomic mass is 10.1. The Morgan fingerprint density at radius 1 is 1.24 bits per heavy atom. The van der Waals surface area contributed by atoms with Gasteiger partial charge in [0.2, 0.25) is 0 Å². The van der Waals surface area contributed by atoms with Crippen molar-refractivity contribution in [3.8, 4) is 11.8 Å². The molecular weight excluding hydrogens is 280 g/mol. The summed E-state index contributed by atoms with van der Waals surface area (Å²) in [6, 6.07) is 17.7. The molecule has 1 heterocycles. The van der Waals surface area contributed by atoms with E-state index in [4.69, 9.17) is 4.74 Å². The zero-order valence-electron chi connectivity index (χ0n) is 11.4. The summed E-state index contributed by atoms with van der Waals surface area (Å²) in [5, 5.41) is 10.1. The monoisotopic (exact) mass is 292 g/mol. The van der Waals surface area contributed by atoms with Crippen LogP contribution in [-0.4, -0.2) is 12.1 Å². The largest absolute Gasteiger partial charge is 0.497 e. The van der Waals surface area contributed by atoms with E-state index in [1.165, 1.54) is 11.3 Å². The summed E-state index contributed by atoms with van der Waals surface area (Å²) >= 11 is 1.53. The average molecular weight is 292 g/mol. The minimum absolute atomic E-state index is 0.560. The summed E-state index contributed by atoms with van der Waals surface area (Å²) in [5.41, 5.74) is 2.40. The first-order valence-corrected chi connectivity index (χ1v) is 7.23. The molecule has 0 unspecified atom stereocenters. The van der Waals surface area contributed by atoms with E-state index in [0.29, 0.717) is 5.57 Å². The smallest absolute Gasteiger partial charge is 0.135 e. The second-order valence-corrected chi connectivity index (χ2v) is 5.46. The third kappa shape index (κ3) is 2.78. The summed E-state index contributed by atoms with van der Waals surface area (Å²) in [6.45, 7) is 0. The Kier molecular flexibility index (Phi) is 3.67. The fraction of sp³-hybridized carbons (Fsp3) is 0.0588. The van der Waals surface area contributed by atoms with Gasteiger partial charge >= 0.3 is 0 Å². The van der Waals surface area contributed by atoms with Gasteiger partial charge in [0.05, 0.1) is 22.9 Å². The first-order chi connectivity index (χ1) is 10.3. The summed E-state index contributed by atoms with van der Waals surface area (Å²) in [6.07, 6.45) is 1.83. The van der Waals surface area contributed by atoms with E-state index in [1.54, 1.807) is 7.11 Å². The Morgan fingerprint density at radius 2 is 2.10 bits per heavy atom. The molecule has 102 valence electrons. The van der Waals surface area contributed by atoms with Gasteiger partial charge < -0.3 is 4.74 Å². The van der Waals surface area contributed by atoms with Crippen LogP contribution in [0.1, 0.15) is 10.6 Å². The van der Waals surface area contributed by atoms with Crippen LogP contribution in [0.3, 0.4) is 0 Å². The van der Waals surface area contributed by atoms with Crippen LogP contribution in [0.2, 0.25) is 0 Å². The maximum atomic E-state index is 9.41. The molecule has 0 saturated heterocycles. The summed E-state index contributed by atoms with van der Waals surface area (Å²) < 4.78 is 6.28. The zero-order valence-corrected chi connectivity index (χ0v) is 12.2. The minimum Gasteiger partial charge on any atom is -0.497 e. The number of para-hydroxylation sites is 1. The molecule has 0 atom stereocenters. The first-order valence-electron chi connectivity index (χ1n) is 6.42. The Bertz CT molecular complexity index is 825. The van der Waals surface area contributed by atoms with Crippen LogP contribution >= 0.6 is 11.3 Å². The summed E-state index contributed by atoms with van der Waals surface area (Å²) in [5.74, 6) is 0.769. The molecule has 3 rings (SSSR count). The van der Waals surface area contributed by atoms with Gasteiger partial charge in [-0.05, 0) is 35.9 Å². The molecular formula is C17H12N2OS. The lowest BCUT2D eigenvalue weighted by Crippen LogP contribution is -1.84. The van der Waals surface area contributed by atoms with E-state index < -0.39 is 0 Å². The molecule has 0 aliphatic rings. The number of fused-ring (bicyclic) bond motifs is 1. The third-order valence-corrected chi connectivity index (χ3v) is 4.12. The molecule has 0 aliphatic carbocycles. The number of hydrogen-bond acceptors (Lipinski definition) is 4. The van der Waals surface area contributed by atoms with Crippen molar-refractivity contribution in [1.29, 1.82) is 5.26 Å². The van der Waals surface area contributed by atoms with E-state index in [1.807, 2.05) is 54.6 Å². The highest BCUT2D eigenvalue weighted by Crippen LogP contribution is 2.28. The van der Waals surface area contributed by atoms with Crippen molar-refractivity contribution in [2.45, 2.75) is 0 Å². The molecule has 0 N–H and O–H groups in total. The molecule has 0 amide bonds. The number of methoxy groups -OCH3 is 1. The Morgan fingerprint density at radius 3 is 2.86 bits per heavy atom. The summed E-state index contributed by atoms with van der Waals surface area (Å²) in [7, 11) is 1.63. The molecule has 0 radical (unpaired) electrons. The van der Waals surface area contributed by atoms with Gasteiger partial charge in [0.25, 0.3) is 0 Å². The minimum atomic E-state index is 0.560. The van der Waals surface area contributed by atoms with Gasteiger partial charge in [0.1, 0.15) is 16.8 Å². The average Bonchev–Trinajstić information content (AvgIpc) is 2.96. The van der Waals surface area contributed by atoms with E-state index in [-0.39, 0.29) is 0 Å². The van der Waals surface area contributed by atoms with Crippen molar-refractivity contribution in [2.75, 3.05) is 7.11 Å². The van der Waals surface area contributed by atoms with Crippen molar-refractivity contribution in [2.24, 2.45) is 0 Å². The highest BCUT2D eigenvalue weighted by atomic mass is 32.1. The van der Waals surface area contributed by atoms with Crippen LogP contribution in [-0.2, 0) is 0 Å². The number of rotatable bonds is 3. The van der Waals surface area contributed by atoms with Crippen LogP contribution in [0, 0.1) is 11.3 Å². The third-order valence-electron chi connectivity index (χ3n) is 3.05. The van der Waals surface area contributed by atoms with Crippen LogP contribution in [0.5, 0.6) is 5.75 Å². The van der Waals surface area contributed by atoms with Gasteiger partial charge in [-0.2, -0.15) is 5.26 Å². The van der Waals surface area contributed by atoms with E-state index in [9.17, 15) is 5.26 Å². The zero-order chi connectivity index (χ0) is 14.7. The molecule has 21 heavy (non-hydrogen) atoms. The maximum absolute atomic E-state index is 9.41. The number of allylic oxidation sites excluding steroid dienone is 1. The molecule has 0 bridgehead atoms. The molecule has 4 heteroatoms. The first kappa shape index (κ1) is 13.3. The van der Waals surface area contributed by atoms with Crippen LogP contribution in [0.15, 0.2) is 48.5 Å². The van der Waals surface area contributed by atoms with Gasteiger partial charge in [0, 0.05) is 0 Å². The number of hydrogen-bond donors (Lipinski definition) is 0. The second-order valence-electron chi connectivity index (χ2n) is 4.43. The Balaban J connectivity index is 2.04. The van der Waals surface area contributed by atoms with Crippen LogP contribution < -0.4 is 4.74 Å². The molecule has 3 nitrogen and oxygen atoms in total. The number of aromatic nitrogens is 1. The number of nitrogens with zero attached hydrogens (tertiary/aromatic N) is 2. The molecule has 0 saturated carbocycles. The van der Waals surface area contributed by atoms with Gasteiger partial charge in [-0.1, -0.05) is 24.3 Å². The number of benzene rings is 2. The normalized spacial score (nSPS) is 11.3. The molecule has 0 aliphatic heterocycles. The van der Waals surface area contributed by atoms with Crippen LogP contribution in [0.25, 0.3) is 21.9 Å². The van der Waals surface area contributed by atoms with Gasteiger partial charge in [-0.3, -0.25) is 0 Å². The predicted molar refractivity (Wildman–Crippen MR) is 86.1 cm³/mol. The van der Waals surface area contributed by atoms with E-state index in [2.05, 4.69) is 11.1 Å². The Hall–Kier alpha value is -2.64. The van der Waals surface area contributed by atoms with Crippen molar-refractivity contribution in [3.63, 3.8) is 0 Å². The highest BCUT2D eigenvalue weighted by molar-refractivity contribution is 7.19. The lowest BCUT2D eigenvalue weighted by Gasteiger charge is -2.00. The van der Waals surface area contributed by atoms with Crippen molar-refractivity contribution < 1.29 is 4.74 Å². The highest BCUT2D eigenvalue weighted by Gasteiger charge is 2.08. The molecule has 2 aromatic carbocycles. The van der Waals surface area contributed by atoms with E-state index >= 15 is 0 Å². The SMILES string of the molecule is COc1cccc(C=C(C#N)c2nc3ccccc3s2)c1. The molecule has 0 spiro atoms.